The zero-order valence-corrected chi connectivity index (χ0v) is 7.74. The normalized spacial score (nSPS) is 10.5. The number of nitrogens with two attached hydrogens (primary N) is 1. The Morgan fingerprint density at radius 1 is 1.23 bits per heavy atom. The molecule has 0 aliphatic rings. The standard InChI is InChI=1S/C7H5Cl2F2NO/c8-3-2-6(13-7(10)11)4(9)1-5(3)12/h1-2,7H,12H2. The van der Waals surface area contributed by atoms with E-state index >= 15 is 0 Å². The highest BCUT2D eigenvalue weighted by atomic mass is 35.5. The Morgan fingerprint density at radius 3 is 2.38 bits per heavy atom. The van der Waals surface area contributed by atoms with Crippen molar-refractivity contribution in [1.29, 1.82) is 0 Å². The van der Waals surface area contributed by atoms with Crippen LogP contribution in [0.4, 0.5) is 14.5 Å². The summed E-state index contributed by atoms with van der Waals surface area (Å²) < 4.78 is 27.6. The monoisotopic (exact) mass is 227 g/mol. The molecule has 0 amide bonds. The maximum Gasteiger partial charge on any atom is 0.387 e. The fraction of sp³-hybridized carbons (Fsp3) is 0.143. The molecule has 0 aliphatic carbocycles. The number of hydrogen-bond donors (Lipinski definition) is 1. The van der Waals surface area contributed by atoms with Crippen molar-refractivity contribution in [3.63, 3.8) is 0 Å². The van der Waals surface area contributed by atoms with Crippen LogP contribution in [0.3, 0.4) is 0 Å². The minimum absolute atomic E-state index is 0.00204. The van der Waals surface area contributed by atoms with Gasteiger partial charge in [0, 0.05) is 6.07 Å². The molecule has 2 nitrogen and oxygen atoms in total. The van der Waals surface area contributed by atoms with Crippen LogP contribution in [-0.2, 0) is 0 Å². The maximum absolute atomic E-state index is 11.8. The van der Waals surface area contributed by atoms with Crippen LogP contribution >= 0.6 is 23.2 Å². The molecule has 1 rings (SSSR count). The van der Waals surface area contributed by atoms with E-state index in [0.29, 0.717) is 0 Å². The first kappa shape index (κ1) is 10.3. The zero-order chi connectivity index (χ0) is 10.0. The molecule has 0 saturated carbocycles. The molecule has 0 spiro atoms. The fourth-order valence-electron chi connectivity index (χ4n) is 0.730. The van der Waals surface area contributed by atoms with E-state index in [2.05, 4.69) is 4.74 Å². The van der Waals surface area contributed by atoms with Crippen LogP contribution in [0.25, 0.3) is 0 Å². The van der Waals surface area contributed by atoms with Gasteiger partial charge in [0.05, 0.1) is 15.7 Å². The molecule has 0 aliphatic heterocycles. The van der Waals surface area contributed by atoms with Crippen LogP contribution in [0.5, 0.6) is 5.75 Å². The van der Waals surface area contributed by atoms with Gasteiger partial charge in [-0.15, -0.1) is 0 Å². The Kier molecular flexibility index (Phi) is 3.17. The molecule has 0 unspecified atom stereocenters. The van der Waals surface area contributed by atoms with E-state index in [-0.39, 0.29) is 21.5 Å². The van der Waals surface area contributed by atoms with E-state index in [1.807, 2.05) is 0 Å². The van der Waals surface area contributed by atoms with Crippen molar-refractivity contribution in [2.75, 3.05) is 5.73 Å². The smallest absolute Gasteiger partial charge is 0.387 e. The molecule has 72 valence electrons. The third-order valence-electron chi connectivity index (χ3n) is 1.27. The SMILES string of the molecule is Nc1cc(Cl)c(OC(F)F)cc1Cl. The van der Waals surface area contributed by atoms with Crippen molar-refractivity contribution in [3.05, 3.63) is 22.2 Å². The molecular formula is C7H5Cl2F2NO. The van der Waals surface area contributed by atoms with Crippen LogP contribution in [0.1, 0.15) is 0 Å². The number of ether oxygens (including phenoxy) is 1. The number of benzene rings is 1. The summed E-state index contributed by atoms with van der Waals surface area (Å²) in [5.74, 6) is -0.184. The summed E-state index contributed by atoms with van der Waals surface area (Å²) in [7, 11) is 0. The Morgan fingerprint density at radius 2 is 1.85 bits per heavy atom. The largest absolute Gasteiger partial charge is 0.433 e. The molecule has 2 N–H and O–H groups in total. The van der Waals surface area contributed by atoms with Gasteiger partial charge in [-0.3, -0.25) is 0 Å². The predicted molar refractivity (Wildman–Crippen MR) is 47.5 cm³/mol. The average molecular weight is 228 g/mol. The van der Waals surface area contributed by atoms with E-state index < -0.39 is 6.61 Å². The van der Waals surface area contributed by atoms with Crippen LogP contribution in [0.2, 0.25) is 10.0 Å². The lowest BCUT2D eigenvalue weighted by atomic mass is 10.3. The van der Waals surface area contributed by atoms with Gasteiger partial charge in [-0.25, -0.2) is 0 Å². The van der Waals surface area contributed by atoms with Gasteiger partial charge in [0.25, 0.3) is 0 Å². The summed E-state index contributed by atoms with van der Waals surface area (Å²) in [6.07, 6.45) is 0. The summed E-state index contributed by atoms with van der Waals surface area (Å²) in [4.78, 5) is 0. The number of anilines is 1. The Hall–Kier alpha value is -0.740. The van der Waals surface area contributed by atoms with E-state index in [9.17, 15) is 8.78 Å². The van der Waals surface area contributed by atoms with Crippen molar-refractivity contribution in [2.45, 2.75) is 6.61 Å². The minimum atomic E-state index is -2.93. The summed E-state index contributed by atoms with van der Waals surface area (Å²) in [6, 6.07) is 2.40. The molecule has 0 fully saturated rings. The summed E-state index contributed by atoms with van der Waals surface area (Å²) in [5, 5.41) is 0.127. The van der Waals surface area contributed by atoms with Gasteiger partial charge in [0.15, 0.2) is 0 Å². The fourth-order valence-corrected chi connectivity index (χ4v) is 1.10. The highest BCUT2D eigenvalue weighted by Crippen LogP contribution is 2.33. The average Bonchev–Trinajstić information content (AvgIpc) is 1.99. The summed E-state index contributed by atoms with van der Waals surface area (Å²) >= 11 is 11.1. The van der Waals surface area contributed by atoms with Gasteiger partial charge in [-0.2, -0.15) is 8.78 Å². The van der Waals surface area contributed by atoms with Gasteiger partial charge < -0.3 is 10.5 Å². The minimum Gasteiger partial charge on any atom is -0.433 e. The second-order valence-electron chi connectivity index (χ2n) is 2.18. The highest BCUT2D eigenvalue weighted by molar-refractivity contribution is 6.36. The van der Waals surface area contributed by atoms with Gasteiger partial charge in [0.1, 0.15) is 5.75 Å². The van der Waals surface area contributed by atoms with Gasteiger partial charge in [-0.05, 0) is 6.07 Å². The van der Waals surface area contributed by atoms with Crippen molar-refractivity contribution >= 4 is 28.9 Å². The number of hydrogen-bond acceptors (Lipinski definition) is 2. The van der Waals surface area contributed by atoms with Crippen LogP contribution < -0.4 is 10.5 Å². The topological polar surface area (TPSA) is 35.2 Å². The molecule has 1 aromatic carbocycles. The first-order valence-electron chi connectivity index (χ1n) is 3.20. The Bertz CT molecular complexity index is 320. The zero-order valence-electron chi connectivity index (χ0n) is 6.23. The van der Waals surface area contributed by atoms with Crippen molar-refractivity contribution < 1.29 is 13.5 Å². The molecule has 1 aromatic rings. The third-order valence-corrected chi connectivity index (χ3v) is 1.89. The molecular weight excluding hydrogens is 223 g/mol. The number of rotatable bonds is 2. The lowest BCUT2D eigenvalue weighted by Gasteiger charge is -2.07. The summed E-state index contributed by atoms with van der Waals surface area (Å²) in [5.41, 5.74) is 5.58. The van der Waals surface area contributed by atoms with Crippen molar-refractivity contribution in [1.82, 2.24) is 0 Å². The first-order chi connectivity index (χ1) is 6.00. The number of halogens is 4. The van der Waals surface area contributed by atoms with Gasteiger partial charge >= 0.3 is 6.61 Å². The van der Waals surface area contributed by atoms with Crippen LogP contribution in [0, 0.1) is 0 Å². The molecule has 0 bridgehead atoms. The van der Waals surface area contributed by atoms with E-state index in [1.165, 1.54) is 6.07 Å². The quantitative estimate of drug-likeness (QED) is 0.789. The van der Waals surface area contributed by atoms with Gasteiger partial charge in [0.2, 0.25) is 0 Å². The molecule has 0 radical (unpaired) electrons. The molecule has 0 heterocycles. The van der Waals surface area contributed by atoms with E-state index in [1.54, 1.807) is 0 Å². The Balaban J connectivity index is 3.01. The third kappa shape index (κ3) is 2.60. The molecule has 13 heavy (non-hydrogen) atoms. The molecule has 0 saturated heterocycles. The predicted octanol–water partition coefficient (Wildman–Crippen LogP) is 3.18. The summed E-state index contributed by atoms with van der Waals surface area (Å²) in [6.45, 7) is -2.93. The van der Waals surface area contributed by atoms with Crippen molar-refractivity contribution in [2.24, 2.45) is 0 Å². The first-order valence-corrected chi connectivity index (χ1v) is 3.95. The van der Waals surface area contributed by atoms with Gasteiger partial charge in [-0.1, -0.05) is 23.2 Å². The second kappa shape index (κ2) is 3.98. The number of nitrogen functional groups attached to an aromatic ring is 1. The molecule has 0 aromatic heterocycles. The second-order valence-corrected chi connectivity index (χ2v) is 3.00. The lowest BCUT2D eigenvalue weighted by molar-refractivity contribution is -0.0497. The Labute approximate surface area is 83.2 Å². The maximum atomic E-state index is 11.8. The molecule has 0 atom stereocenters. The van der Waals surface area contributed by atoms with E-state index in [4.69, 9.17) is 28.9 Å². The van der Waals surface area contributed by atoms with Crippen LogP contribution in [-0.4, -0.2) is 6.61 Å². The highest BCUT2D eigenvalue weighted by Gasteiger charge is 2.10. The lowest BCUT2D eigenvalue weighted by Crippen LogP contribution is -2.02. The molecule has 6 heteroatoms. The van der Waals surface area contributed by atoms with Crippen molar-refractivity contribution in [3.8, 4) is 5.75 Å². The van der Waals surface area contributed by atoms with Crippen LogP contribution in [0.15, 0.2) is 12.1 Å². The van der Waals surface area contributed by atoms with E-state index in [0.717, 1.165) is 6.07 Å². The number of alkyl halides is 2.